The summed E-state index contributed by atoms with van der Waals surface area (Å²) in [7, 11) is 0. The third-order valence-corrected chi connectivity index (χ3v) is 4.76. The molecule has 0 amide bonds. The van der Waals surface area contributed by atoms with Crippen LogP contribution in [0.1, 0.15) is 90.9 Å². The van der Waals surface area contributed by atoms with E-state index in [2.05, 4.69) is 13.8 Å². The summed E-state index contributed by atoms with van der Waals surface area (Å²) in [6.07, 6.45) is 15.4. The van der Waals surface area contributed by atoms with Crippen molar-refractivity contribution in [1.82, 2.24) is 0 Å². The highest BCUT2D eigenvalue weighted by Crippen LogP contribution is 2.16. The molecular formula is C21H42O4. The second-order valence-electron chi connectivity index (χ2n) is 7.12. The van der Waals surface area contributed by atoms with Crippen LogP contribution in [-0.4, -0.2) is 45.4 Å². The van der Waals surface area contributed by atoms with Gasteiger partial charge in [-0.15, -0.1) is 0 Å². The fourth-order valence-corrected chi connectivity index (χ4v) is 3.07. The molecule has 1 saturated heterocycles. The lowest BCUT2D eigenvalue weighted by molar-refractivity contribution is -0.160. The Bertz CT molecular complexity index is 267. The minimum atomic E-state index is -0.0172. The molecule has 1 aliphatic rings. The standard InChI is InChI=1S/C21H42O4/c1-3-5-6-7-8-9-10-11-12-15-22-17-18-23-19-20(4-2)25-21-14-13-16-24-21/h20-21H,3-19H2,1-2H3. The maximum atomic E-state index is 5.89. The Morgan fingerprint density at radius 1 is 0.840 bits per heavy atom. The third-order valence-electron chi connectivity index (χ3n) is 4.76. The van der Waals surface area contributed by atoms with Crippen LogP contribution in [0.4, 0.5) is 0 Å². The average molecular weight is 359 g/mol. The van der Waals surface area contributed by atoms with Gasteiger partial charge in [0.15, 0.2) is 6.29 Å². The van der Waals surface area contributed by atoms with E-state index in [0.717, 1.165) is 32.5 Å². The first-order valence-corrected chi connectivity index (χ1v) is 10.8. The van der Waals surface area contributed by atoms with E-state index in [4.69, 9.17) is 18.9 Å². The molecule has 25 heavy (non-hydrogen) atoms. The van der Waals surface area contributed by atoms with Gasteiger partial charge in [-0.05, 0) is 19.3 Å². The maximum Gasteiger partial charge on any atom is 0.158 e. The highest BCUT2D eigenvalue weighted by atomic mass is 16.7. The third kappa shape index (κ3) is 13.7. The highest BCUT2D eigenvalue weighted by Gasteiger charge is 2.20. The minimum Gasteiger partial charge on any atom is -0.379 e. The van der Waals surface area contributed by atoms with Crippen LogP contribution in [-0.2, 0) is 18.9 Å². The first kappa shape index (κ1) is 22.9. The molecule has 4 nitrogen and oxygen atoms in total. The molecule has 1 fully saturated rings. The van der Waals surface area contributed by atoms with E-state index in [0.29, 0.717) is 19.8 Å². The SMILES string of the molecule is CCCCCCCCCCCOCCOCC(CC)OC1CCCO1. The molecule has 2 atom stereocenters. The van der Waals surface area contributed by atoms with E-state index in [-0.39, 0.29) is 12.4 Å². The summed E-state index contributed by atoms with van der Waals surface area (Å²) in [6.45, 7) is 8.07. The zero-order valence-electron chi connectivity index (χ0n) is 16.8. The molecule has 1 rings (SSSR count). The van der Waals surface area contributed by atoms with Crippen molar-refractivity contribution in [3.05, 3.63) is 0 Å². The molecule has 0 aromatic carbocycles. The van der Waals surface area contributed by atoms with Crippen LogP contribution in [0.25, 0.3) is 0 Å². The molecule has 4 heteroatoms. The normalized spacial score (nSPS) is 18.7. The lowest BCUT2D eigenvalue weighted by Gasteiger charge is -2.20. The van der Waals surface area contributed by atoms with Gasteiger partial charge < -0.3 is 18.9 Å². The van der Waals surface area contributed by atoms with Crippen LogP contribution < -0.4 is 0 Å². The molecule has 0 N–H and O–H groups in total. The van der Waals surface area contributed by atoms with Crippen molar-refractivity contribution in [1.29, 1.82) is 0 Å². The van der Waals surface area contributed by atoms with Gasteiger partial charge in [-0.2, -0.15) is 0 Å². The summed E-state index contributed by atoms with van der Waals surface area (Å²) < 4.78 is 22.7. The van der Waals surface area contributed by atoms with Gasteiger partial charge in [0.05, 0.1) is 25.9 Å². The molecule has 150 valence electrons. The molecule has 0 aromatic rings. The Labute approximate surface area is 155 Å². The topological polar surface area (TPSA) is 36.9 Å². The molecule has 2 unspecified atom stereocenters. The van der Waals surface area contributed by atoms with E-state index in [9.17, 15) is 0 Å². The van der Waals surface area contributed by atoms with Gasteiger partial charge in [0.2, 0.25) is 0 Å². The second-order valence-corrected chi connectivity index (χ2v) is 7.12. The van der Waals surface area contributed by atoms with E-state index >= 15 is 0 Å². The molecule has 0 saturated carbocycles. The largest absolute Gasteiger partial charge is 0.379 e. The number of ether oxygens (including phenoxy) is 4. The predicted molar refractivity (Wildman–Crippen MR) is 103 cm³/mol. The van der Waals surface area contributed by atoms with Crippen molar-refractivity contribution < 1.29 is 18.9 Å². The van der Waals surface area contributed by atoms with Gasteiger partial charge >= 0.3 is 0 Å². The van der Waals surface area contributed by atoms with Gasteiger partial charge in [0.25, 0.3) is 0 Å². The van der Waals surface area contributed by atoms with Crippen molar-refractivity contribution in [2.24, 2.45) is 0 Å². The Kier molecular flexibility index (Phi) is 15.8. The average Bonchev–Trinajstić information content (AvgIpc) is 3.14. The Balaban J connectivity index is 1.77. The fourth-order valence-electron chi connectivity index (χ4n) is 3.07. The summed E-state index contributed by atoms with van der Waals surface area (Å²) in [4.78, 5) is 0. The van der Waals surface area contributed by atoms with Crippen LogP contribution >= 0.6 is 0 Å². The van der Waals surface area contributed by atoms with Crippen LogP contribution in [0.2, 0.25) is 0 Å². The predicted octanol–water partition coefficient (Wildman–Crippen LogP) is 5.48. The van der Waals surface area contributed by atoms with Crippen LogP contribution in [0.3, 0.4) is 0 Å². The Morgan fingerprint density at radius 2 is 1.52 bits per heavy atom. The first-order valence-electron chi connectivity index (χ1n) is 10.8. The molecule has 1 heterocycles. The van der Waals surface area contributed by atoms with E-state index in [1.165, 1.54) is 57.8 Å². The zero-order valence-corrected chi connectivity index (χ0v) is 16.8. The molecule has 0 aliphatic carbocycles. The first-order chi connectivity index (χ1) is 12.4. The summed E-state index contributed by atoms with van der Waals surface area (Å²) in [5, 5.41) is 0. The van der Waals surface area contributed by atoms with Gasteiger partial charge in [0.1, 0.15) is 0 Å². The minimum absolute atomic E-state index is 0.0172. The van der Waals surface area contributed by atoms with E-state index in [1.807, 2.05) is 0 Å². The number of hydrogen-bond acceptors (Lipinski definition) is 4. The lowest BCUT2D eigenvalue weighted by atomic mass is 10.1. The van der Waals surface area contributed by atoms with Crippen molar-refractivity contribution in [3.63, 3.8) is 0 Å². The lowest BCUT2D eigenvalue weighted by Crippen LogP contribution is -2.26. The molecule has 1 aliphatic heterocycles. The van der Waals surface area contributed by atoms with Gasteiger partial charge in [-0.3, -0.25) is 0 Å². The quantitative estimate of drug-likeness (QED) is 0.304. The summed E-state index contributed by atoms with van der Waals surface area (Å²) >= 11 is 0. The van der Waals surface area contributed by atoms with Crippen molar-refractivity contribution in [3.8, 4) is 0 Å². The second kappa shape index (κ2) is 17.3. The summed E-state index contributed by atoms with van der Waals surface area (Å²) in [6, 6.07) is 0. The van der Waals surface area contributed by atoms with Gasteiger partial charge in [-0.1, -0.05) is 65.2 Å². The van der Waals surface area contributed by atoms with Gasteiger partial charge in [0, 0.05) is 19.6 Å². The highest BCUT2D eigenvalue weighted by molar-refractivity contribution is 4.60. The van der Waals surface area contributed by atoms with Crippen LogP contribution in [0, 0.1) is 0 Å². The Morgan fingerprint density at radius 3 is 2.16 bits per heavy atom. The molecule has 0 aromatic heterocycles. The number of rotatable bonds is 18. The van der Waals surface area contributed by atoms with E-state index in [1.54, 1.807) is 0 Å². The maximum absolute atomic E-state index is 5.89. The van der Waals surface area contributed by atoms with Crippen molar-refractivity contribution >= 4 is 0 Å². The van der Waals surface area contributed by atoms with Crippen LogP contribution in [0.5, 0.6) is 0 Å². The smallest absolute Gasteiger partial charge is 0.158 e. The molecule has 0 radical (unpaired) electrons. The van der Waals surface area contributed by atoms with E-state index < -0.39 is 0 Å². The van der Waals surface area contributed by atoms with Crippen molar-refractivity contribution in [2.45, 2.75) is 103 Å². The number of unbranched alkanes of at least 4 members (excludes halogenated alkanes) is 8. The summed E-state index contributed by atoms with van der Waals surface area (Å²) in [5.74, 6) is 0. The molecule has 0 bridgehead atoms. The molecular weight excluding hydrogens is 316 g/mol. The van der Waals surface area contributed by atoms with Gasteiger partial charge in [-0.25, -0.2) is 0 Å². The number of hydrogen-bond donors (Lipinski definition) is 0. The van der Waals surface area contributed by atoms with Crippen LogP contribution in [0.15, 0.2) is 0 Å². The molecule has 0 spiro atoms. The van der Waals surface area contributed by atoms with Crippen molar-refractivity contribution in [2.75, 3.05) is 33.0 Å². The Hall–Kier alpha value is -0.160. The summed E-state index contributed by atoms with van der Waals surface area (Å²) in [5.41, 5.74) is 0. The zero-order chi connectivity index (χ0) is 18.0. The fraction of sp³-hybridized carbons (Fsp3) is 1.00. The monoisotopic (exact) mass is 358 g/mol.